The van der Waals surface area contributed by atoms with Crippen LogP contribution in [0.3, 0.4) is 0 Å². The van der Waals surface area contributed by atoms with E-state index in [1.165, 1.54) is 6.08 Å². The van der Waals surface area contributed by atoms with Crippen molar-refractivity contribution in [3.05, 3.63) is 35.9 Å². The predicted octanol–water partition coefficient (Wildman–Crippen LogP) is 2.53. The average Bonchev–Trinajstić information content (AvgIpc) is 2.38. The van der Waals surface area contributed by atoms with Crippen LogP contribution in [0.4, 0.5) is 5.69 Å². The zero-order valence-corrected chi connectivity index (χ0v) is 11.9. The fourth-order valence-corrected chi connectivity index (χ4v) is 1.41. The minimum Gasteiger partial charge on any atom is -0.494 e. The van der Waals surface area contributed by atoms with Crippen LogP contribution in [0.25, 0.3) is 0 Å². The zero-order valence-electron chi connectivity index (χ0n) is 11.9. The van der Waals surface area contributed by atoms with Crippen LogP contribution in [0.2, 0.25) is 0 Å². The van der Waals surface area contributed by atoms with Crippen LogP contribution < -0.4 is 10.1 Å². The maximum atomic E-state index is 11.6. The third kappa shape index (κ3) is 6.04. The quantitative estimate of drug-likeness (QED) is 0.641. The van der Waals surface area contributed by atoms with E-state index in [0.717, 1.165) is 11.3 Å². The summed E-state index contributed by atoms with van der Waals surface area (Å²) in [6.45, 7) is 5.74. The van der Waals surface area contributed by atoms with Gasteiger partial charge >= 0.3 is 5.97 Å². The van der Waals surface area contributed by atoms with Crippen molar-refractivity contribution in [2.24, 2.45) is 0 Å². The molecule has 0 heterocycles. The average molecular weight is 277 g/mol. The number of carbonyl (C=O) groups excluding carboxylic acids is 2. The van der Waals surface area contributed by atoms with Crippen molar-refractivity contribution in [3.63, 3.8) is 0 Å². The Morgan fingerprint density at radius 3 is 2.40 bits per heavy atom. The topological polar surface area (TPSA) is 64.6 Å². The Labute approximate surface area is 118 Å². The molecule has 20 heavy (non-hydrogen) atoms. The van der Waals surface area contributed by atoms with Crippen LogP contribution >= 0.6 is 0 Å². The largest absolute Gasteiger partial charge is 0.494 e. The van der Waals surface area contributed by atoms with Gasteiger partial charge in [-0.25, -0.2) is 4.79 Å². The van der Waals surface area contributed by atoms with Crippen molar-refractivity contribution >= 4 is 17.6 Å². The van der Waals surface area contributed by atoms with E-state index in [2.05, 4.69) is 5.32 Å². The van der Waals surface area contributed by atoms with Crippen molar-refractivity contribution in [3.8, 4) is 5.75 Å². The molecule has 0 saturated heterocycles. The van der Waals surface area contributed by atoms with Crippen LogP contribution in [0.1, 0.15) is 20.8 Å². The molecule has 0 bridgehead atoms. The summed E-state index contributed by atoms with van der Waals surface area (Å²) < 4.78 is 10.1. The highest BCUT2D eigenvalue weighted by molar-refractivity contribution is 5.93. The first-order chi connectivity index (χ1) is 9.51. The van der Waals surface area contributed by atoms with E-state index in [9.17, 15) is 9.59 Å². The fraction of sp³-hybridized carbons (Fsp3) is 0.333. The van der Waals surface area contributed by atoms with Crippen LogP contribution in [0, 0.1) is 0 Å². The Morgan fingerprint density at radius 2 is 1.85 bits per heavy atom. The van der Waals surface area contributed by atoms with E-state index in [1.54, 1.807) is 38.1 Å². The Hall–Kier alpha value is -2.30. The summed E-state index contributed by atoms with van der Waals surface area (Å²) in [7, 11) is 0. The standard InChI is InChI=1S/C15H19NO4/c1-4-19-13-7-5-12(6-8-13)16-14(17)10-20-15(18)9-11(2)3/h5-9H,4,10H2,1-3H3,(H,16,17). The van der Waals surface area contributed by atoms with E-state index in [0.29, 0.717) is 12.3 Å². The van der Waals surface area contributed by atoms with E-state index < -0.39 is 5.97 Å². The normalized spacial score (nSPS) is 9.55. The summed E-state index contributed by atoms with van der Waals surface area (Å²) >= 11 is 0. The second-order valence-corrected chi connectivity index (χ2v) is 4.33. The molecule has 0 unspecified atom stereocenters. The smallest absolute Gasteiger partial charge is 0.331 e. The minimum absolute atomic E-state index is 0.310. The van der Waals surface area contributed by atoms with Crippen LogP contribution in [0.15, 0.2) is 35.9 Å². The molecule has 1 aromatic carbocycles. The number of hydrogen-bond acceptors (Lipinski definition) is 4. The third-order valence-electron chi connectivity index (χ3n) is 2.20. The molecule has 1 aromatic rings. The third-order valence-corrected chi connectivity index (χ3v) is 2.20. The van der Waals surface area contributed by atoms with E-state index in [4.69, 9.17) is 9.47 Å². The lowest BCUT2D eigenvalue weighted by Crippen LogP contribution is -2.20. The molecule has 0 aromatic heterocycles. The number of rotatable bonds is 6. The number of allylic oxidation sites excluding steroid dienone is 1. The first-order valence-corrected chi connectivity index (χ1v) is 6.35. The van der Waals surface area contributed by atoms with E-state index in [1.807, 2.05) is 6.92 Å². The molecular weight excluding hydrogens is 258 g/mol. The van der Waals surface area contributed by atoms with Crippen molar-refractivity contribution < 1.29 is 19.1 Å². The maximum absolute atomic E-state index is 11.6. The molecule has 5 heteroatoms. The SMILES string of the molecule is CCOc1ccc(NC(=O)COC(=O)C=C(C)C)cc1. The predicted molar refractivity (Wildman–Crippen MR) is 76.6 cm³/mol. The van der Waals surface area contributed by atoms with Gasteiger partial charge in [0.05, 0.1) is 6.61 Å². The number of hydrogen-bond donors (Lipinski definition) is 1. The molecule has 0 spiro atoms. The van der Waals surface area contributed by atoms with Crippen molar-refractivity contribution in [2.45, 2.75) is 20.8 Å². The van der Waals surface area contributed by atoms with Gasteiger partial charge in [-0.1, -0.05) is 5.57 Å². The number of amides is 1. The Kier molecular flexibility index (Phi) is 6.29. The minimum atomic E-state index is -0.521. The number of anilines is 1. The number of nitrogens with one attached hydrogen (secondary N) is 1. The van der Waals surface area contributed by atoms with E-state index >= 15 is 0 Å². The van der Waals surface area contributed by atoms with Gasteiger partial charge in [-0.15, -0.1) is 0 Å². The first kappa shape index (κ1) is 15.8. The second kappa shape index (κ2) is 7.99. The van der Waals surface area contributed by atoms with Gasteiger partial charge < -0.3 is 14.8 Å². The van der Waals surface area contributed by atoms with Gasteiger partial charge in [-0.3, -0.25) is 4.79 Å². The number of esters is 1. The monoisotopic (exact) mass is 277 g/mol. The molecule has 0 radical (unpaired) electrons. The molecule has 1 amide bonds. The lowest BCUT2D eigenvalue weighted by Gasteiger charge is -2.07. The van der Waals surface area contributed by atoms with Gasteiger partial charge in [0, 0.05) is 11.8 Å². The summed E-state index contributed by atoms with van der Waals surface area (Å²) in [4.78, 5) is 22.8. The van der Waals surface area contributed by atoms with Gasteiger partial charge in [-0.05, 0) is 45.0 Å². The lowest BCUT2D eigenvalue weighted by atomic mass is 10.3. The number of ether oxygens (including phenoxy) is 2. The van der Waals surface area contributed by atoms with Crippen LogP contribution in [-0.2, 0) is 14.3 Å². The summed E-state index contributed by atoms with van der Waals surface area (Å²) in [6, 6.07) is 6.96. The van der Waals surface area contributed by atoms with Crippen molar-refractivity contribution in [1.82, 2.24) is 0 Å². The van der Waals surface area contributed by atoms with Gasteiger partial charge in [0.25, 0.3) is 5.91 Å². The van der Waals surface area contributed by atoms with Crippen LogP contribution in [0.5, 0.6) is 5.75 Å². The van der Waals surface area contributed by atoms with Crippen molar-refractivity contribution in [2.75, 3.05) is 18.5 Å². The van der Waals surface area contributed by atoms with Crippen molar-refractivity contribution in [1.29, 1.82) is 0 Å². The maximum Gasteiger partial charge on any atom is 0.331 e. The highest BCUT2D eigenvalue weighted by Gasteiger charge is 2.06. The molecule has 0 atom stereocenters. The Morgan fingerprint density at radius 1 is 1.20 bits per heavy atom. The Bertz CT molecular complexity index is 487. The molecular formula is C15H19NO4. The van der Waals surface area contributed by atoms with Gasteiger partial charge in [0.1, 0.15) is 5.75 Å². The summed E-state index contributed by atoms with van der Waals surface area (Å²) in [5, 5.41) is 2.63. The molecule has 1 N–H and O–H groups in total. The first-order valence-electron chi connectivity index (χ1n) is 6.35. The molecule has 0 aliphatic carbocycles. The fourth-order valence-electron chi connectivity index (χ4n) is 1.41. The highest BCUT2D eigenvalue weighted by atomic mass is 16.5. The molecule has 0 aliphatic heterocycles. The highest BCUT2D eigenvalue weighted by Crippen LogP contribution is 2.15. The van der Waals surface area contributed by atoms with Gasteiger partial charge in [-0.2, -0.15) is 0 Å². The second-order valence-electron chi connectivity index (χ2n) is 4.33. The van der Waals surface area contributed by atoms with Gasteiger partial charge in [0.15, 0.2) is 6.61 Å². The molecule has 1 rings (SSSR count). The summed E-state index contributed by atoms with van der Waals surface area (Å²) in [5.41, 5.74) is 1.44. The Balaban J connectivity index is 2.42. The van der Waals surface area contributed by atoms with Gasteiger partial charge in [0.2, 0.25) is 0 Å². The van der Waals surface area contributed by atoms with E-state index in [-0.39, 0.29) is 12.5 Å². The zero-order chi connectivity index (χ0) is 15.0. The molecule has 0 saturated carbocycles. The summed E-state index contributed by atoms with van der Waals surface area (Å²) in [5.74, 6) is -0.169. The molecule has 0 aliphatic rings. The number of carbonyl (C=O) groups is 2. The molecule has 0 fully saturated rings. The molecule has 108 valence electrons. The lowest BCUT2D eigenvalue weighted by molar-refractivity contribution is -0.142. The molecule has 5 nitrogen and oxygen atoms in total. The number of benzene rings is 1. The summed E-state index contributed by atoms with van der Waals surface area (Å²) in [6.07, 6.45) is 1.34. The van der Waals surface area contributed by atoms with Crippen LogP contribution in [-0.4, -0.2) is 25.1 Å².